The number of benzene rings is 1. The summed E-state index contributed by atoms with van der Waals surface area (Å²) in [5.74, 6) is 2.68. The van der Waals surface area contributed by atoms with E-state index in [4.69, 9.17) is 0 Å². The third-order valence-corrected chi connectivity index (χ3v) is 5.93. The molecule has 2 aliphatic heterocycles. The minimum absolute atomic E-state index is 0.0786. The number of amides is 1. The zero-order valence-electron chi connectivity index (χ0n) is 11.5. The average Bonchev–Trinajstić information content (AvgIpc) is 3.23. The Morgan fingerprint density at radius 3 is 2.70 bits per heavy atom. The van der Waals surface area contributed by atoms with Gasteiger partial charge in [-0.2, -0.15) is 11.8 Å². The standard InChI is InChI=1S/C16H20N2OS/c19-15-16(8-9-16)17-14(12-5-2-1-3-6-12)18(15)13-7-4-10-20-11-13/h1-3,5-6,13-14,17H,4,7-11H2. The molecule has 1 aromatic carbocycles. The highest BCUT2D eigenvalue weighted by Crippen LogP contribution is 2.47. The summed E-state index contributed by atoms with van der Waals surface area (Å²) in [5, 5.41) is 3.62. The minimum atomic E-state index is -0.220. The lowest BCUT2D eigenvalue weighted by Gasteiger charge is -2.35. The van der Waals surface area contributed by atoms with Crippen LogP contribution in [-0.4, -0.2) is 33.9 Å². The van der Waals surface area contributed by atoms with Gasteiger partial charge in [-0.05, 0) is 37.0 Å². The van der Waals surface area contributed by atoms with Crippen LogP contribution in [0.2, 0.25) is 0 Å². The fourth-order valence-electron chi connectivity index (χ4n) is 3.44. The van der Waals surface area contributed by atoms with E-state index in [0.29, 0.717) is 11.9 Å². The van der Waals surface area contributed by atoms with Crippen molar-refractivity contribution in [2.24, 2.45) is 0 Å². The smallest absolute Gasteiger partial charge is 0.244 e. The Kier molecular flexibility index (Phi) is 3.04. The zero-order chi connectivity index (χ0) is 13.6. The lowest BCUT2D eigenvalue weighted by molar-refractivity contribution is -0.132. The first-order valence-corrected chi connectivity index (χ1v) is 8.69. The normalized spacial score (nSPS) is 31.8. The van der Waals surface area contributed by atoms with Crippen LogP contribution in [0.5, 0.6) is 0 Å². The first-order valence-electron chi connectivity index (χ1n) is 7.53. The highest BCUT2D eigenvalue weighted by molar-refractivity contribution is 7.99. The predicted octanol–water partition coefficient (Wildman–Crippen LogP) is 2.55. The van der Waals surface area contributed by atoms with Gasteiger partial charge in [0.25, 0.3) is 0 Å². The summed E-state index contributed by atoms with van der Waals surface area (Å²) in [7, 11) is 0. The van der Waals surface area contributed by atoms with Crippen LogP contribution >= 0.6 is 11.8 Å². The maximum Gasteiger partial charge on any atom is 0.244 e. The first-order chi connectivity index (χ1) is 9.80. The van der Waals surface area contributed by atoms with Crippen molar-refractivity contribution < 1.29 is 4.79 Å². The van der Waals surface area contributed by atoms with Crippen LogP contribution in [0.3, 0.4) is 0 Å². The number of rotatable bonds is 2. The summed E-state index contributed by atoms with van der Waals surface area (Å²) < 4.78 is 0. The van der Waals surface area contributed by atoms with Crippen molar-refractivity contribution in [3.05, 3.63) is 35.9 Å². The van der Waals surface area contributed by atoms with Gasteiger partial charge < -0.3 is 4.90 Å². The van der Waals surface area contributed by atoms with Gasteiger partial charge in [0.1, 0.15) is 11.7 Å². The maximum absolute atomic E-state index is 12.8. The molecule has 1 N–H and O–H groups in total. The van der Waals surface area contributed by atoms with Crippen LogP contribution in [-0.2, 0) is 4.79 Å². The highest BCUT2D eigenvalue weighted by atomic mass is 32.2. The van der Waals surface area contributed by atoms with E-state index in [1.54, 1.807) is 0 Å². The lowest BCUT2D eigenvalue weighted by atomic mass is 10.1. The van der Waals surface area contributed by atoms with E-state index in [1.165, 1.54) is 17.7 Å². The van der Waals surface area contributed by atoms with E-state index < -0.39 is 0 Å². The molecular weight excluding hydrogens is 268 g/mol. The quantitative estimate of drug-likeness (QED) is 0.907. The molecule has 20 heavy (non-hydrogen) atoms. The Labute approximate surface area is 124 Å². The van der Waals surface area contributed by atoms with Gasteiger partial charge in [-0.25, -0.2) is 0 Å². The number of hydrogen-bond donors (Lipinski definition) is 1. The van der Waals surface area contributed by atoms with E-state index in [2.05, 4.69) is 34.5 Å². The molecule has 1 amide bonds. The molecule has 1 aromatic rings. The number of carbonyl (C=O) groups excluding carboxylic acids is 1. The van der Waals surface area contributed by atoms with E-state index in [1.807, 2.05) is 17.8 Å². The number of thioether (sulfide) groups is 1. The van der Waals surface area contributed by atoms with Gasteiger partial charge >= 0.3 is 0 Å². The van der Waals surface area contributed by atoms with Crippen molar-refractivity contribution in [2.45, 2.75) is 43.4 Å². The molecule has 1 aliphatic carbocycles. The van der Waals surface area contributed by atoms with Crippen molar-refractivity contribution in [1.82, 2.24) is 10.2 Å². The molecule has 3 nitrogen and oxygen atoms in total. The second-order valence-electron chi connectivity index (χ2n) is 6.12. The highest BCUT2D eigenvalue weighted by Gasteiger charge is 2.60. The van der Waals surface area contributed by atoms with Crippen molar-refractivity contribution in [1.29, 1.82) is 0 Å². The second kappa shape index (κ2) is 4.78. The molecule has 2 heterocycles. The molecule has 0 aromatic heterocycles. The second-order valence-corrected chi connectivity index (χ2v) is 7.27. The Morgan fingerprint density at radius 1 is 1.25 bits per heavy atom. The zero-order valence-corrected chi connectivity index (χ0v) is 12.4. The Morgan fingerprint density at radius 2 is 2.05 bits per heavy atom. The predicted molar refractivity (Wildman–Crippen MR) is 81.5 cm³/mol. The third-order valence-electron chi connectivity index (χ3n) is 4.73. The topological polar surface area (TPSA) is 32.3 Å². The van der Waals surface area contributed by atoms with Gasteiger partial charge in [-0.15, -0.1) is 0 Å². The monoisotopic (exact) mass is 288 g/mol. The third kappa shape index (κ3) is 1.97. The van der Waals surface area contributed by atoms with Crippen LogP contribution in [0.25, 0.3) is 0 Å². The molecule has 4 rings (SSSR count). The van der Waals surface area contributed by atoms with Gasteiger partial charge in [-0.3, -0.25) is 10.1 Å². The Bertz CT molecular complexity index is 508. The van der Waals surface area contributed by atoms with E-state index >= 15 is 0 Å². The molecule has 0 bridgehead atoms. The lowest BCUT2D eigenvalue weighted by Crippen LogP contribution is -2.43. The molecule has 3 aliphatic rings. The SMILES string of the molecule is O=C1N(C2CCCSC2)C(c2ccccc2)NC12CC2. The molecule has 3 fully saturated rings. The summed E-state index contributed by atoms with van der Waals surface area (Å²) in [4.78, 5) is 15.0. The van der Waals surface area contributed by atoms with Gasteiger partial charge in [0.05, 0.1) is 0 Å². The summed E-state index contributed by atoms with van der Waals surface area (Å²) in [6, 6.07) is 10.8. The van der Waals surface area contributed by atoms with Crippen LogP contribution in [0.15, 0.2) is 30.3 Å². The summed E-state index contributed by atoms with van der Waals surface area (Å²) in [6.07, 6.45) is 4.47. The molecule has 2 atom stereocenters. The van der Waals surface area contributed by atoms with Crippen LogP contribution in [0.1, 0.15) is 37.4 Å². The fraction of sp³-hybridized carbons (Fsp3) is 0.562. The van der Waals surface area contributed by atoms with Crippen molar-refractivity contribution in [2.75, 3.05) is 11.5 Å². The van der Waals surface area contributed by atoms with Crippen LogP contribution in [0.4, 0.5) is 0 Å². The molecule has 106 valence electrons. The van der Waals surface area contributed by atoms with E-state index in [9.17, 15) is 4.79 Å². The Balaban J connectivity index is 1.66. The number of nitrogens with zero attached hydrogens (tertiary/aromatic N) is 1. The minimum Gasteiger partial charge on any atom is -0.317 e. The first kappa shape index (κ1) is 12.7. The number of hydrogen-bond acceptors (Lipinski definition) is 3. The van der Waals surface area contributed by atoms with E-state index in [0.717, 1.165) is 25.0 Å². The molecule has 2 saturated heterocycles. The van der Waals surface area contributed by atoms with Crippen molar-refractivity contribution >= 4 is 17.7 Å². The van der Waals surface area contributed by atoms with Crippen molar-refractivity contribution in [3.8, 4) is 0 Å². The summed E-state index contributed by atoms with van der Waals surface area (Å²) in [5.41, 5.74) is 1.00. The molecule has 2 unspecified atom stereocenters. The largest absolute Gasteiger partial charge is 0.317 e. The fourth-order valence-corrected chi connectivity index (χ4v) is 4.58. The number of carbonyl (C=O) groups is 1. The van der Waals surface area contributed by atoms with Gasteiger partial charge in [-0.1, -0.05) is 30.3 Å². The van der Waals surface area contributed by atoms with Crippen molar-refractivity contribution in [3.63, 3.8) is 0 Å². The van der Waals surface area contributed by atoms with Crippen LogP contribution in [0, 0.1) is 0 Å². The number of nitrogens with one attached hydrogen (secondary N) is 1. The summed E-state index contributed by atoms with van der Waals surface area (Å²) >= 11 is 1.99. The van der Waals surface area contributed by atoms with Gasteiger partial charge in [0.2, 0.25) is 5.91 Å². The van der Waals surface area contributed by atoms with Gasteiger partial charge in [0, 0.05) is 11.8 Å². The van der Waals surface area contributed by atoms with Gasteiger partial charge in [0.15, 0.2) is 0 Å². The molecule has 1 spiro atoms. The molecule has 4 heteroatoms. The maximum atomic E-state index is 12.8. The molecular formula is C16H20N2OS. The molecule has 0 radical (unpaired) electrons. The molecule has 1 saturated carbocycles. The Hall–Kier alpha value is -1.00. The summed E-state index contributed by atoms with van der Waals surface area (Å²) in [6.45, 7) is 0. The average molecular weight is 288 g/mol. The van der Waals surface area contributed by atoms with Crippen LogP contribution < -0.4 is 5.32 Å². The van der Waals surface area contributed by atoms with E-state index in [-0.39, 0.29) is 11.7 Å².